The third-order valence-corrected chi connectivity index (χ3v) is 5.67. The summed E-state index contributed by atoms with van der Waals surface area (Å²) in [5.41, 5.74) is 2.24. The van der Waals surface area contributed by atoms with Crippen LogP contribution in [-0.4, -0.2) is 64.6 Å². The van der Waals surface area contributed by atoms with Crippen LogP contribution < -0.4 is 0 Å². The molecular formula is C17H26N4O2. The third-order valence-electron chi connectivity index (χ3n) is 5.67. The fraction of sp³-hybridized carbons (Fsp3) is 0.765. The van der Waals surface area contributed by atoms with Crippen LogP contribution in [0.25, 0.3) is 0 Å². The molecule has 1 N–H and O–H groups in total. The first-order valence-electron chi connectivity index (χ1n) is 8.93. The first kappa shape index (κ1) is 15.1. The highest BCUT2D eigenvalue weighted by Crippen LogP contribution is 2.26. The molecule has 1 aromatic rings. The second kappa shape index (κ2) is 6.61. The maximum absolute atomic E-state index is 12.8. The quantitative estimate of drug-likeness (QED) is 0.890. The van der Waals surface area contributed by atoms with Gasteiger partial charge in [0.15, 0.2) is 0 Å². The van der Waals surface area contributed by atoms with Crippen LogP contribution >= 0.6 is 0 Å². The van der Waals surface area contributed by atoms with Crippen molar-refractivity contribution in [1.29, 1.82) is 0 Å². The monoisotopic (exact) mass is 318 g/mol. The Kier molecular flexibility index (Phi) is 4.35. The minimum Gasteiger partial charge on any atom is -0.381 e. The Morgan fingerprint density at radius 1 is 1.17 bits per heavy atom. The van der Waals surface area contributed by atoms with Gasteiger partial charge in [-0.3, -0.25) is 4.79 Å². The number of hydrogen-bond acceptors (Lipinski definition) is 4. The van der Waals surface area contributed by atoms with Crippen molar-refractivity contribution in [2.45, 2.75) is 44.7 Å². The van der Waals surface area contributed by atoms with E-state index >= 15 is 0 Å². The van der Waals surface area contributed by atoms with Crippen molar-refractivity contribution in [3.05, 3.63) is 17.7 Å². The second-order valence-electron chi connectivity index (χ2n) is 6.99. The zero-order chi connectivity index (χ0) is 15.6. The standard InChI is InChI=1S/C17H26N4O2/c22-17(21-8-3-15-16(11-21)19-12-18-15)13-1-6-20(7-2-13)14-4-9-23-10-5-14/h12-14H,1-11H2,(H,18,19). The molecule has 0 bridgehead atoms. The van der Waals surface area contributed by atoms with E-state index in [4.69, 9.17) is 4.74 Å². The number of nitrogens with one attached hydrogen (secondary N) is 1. The van der Waals surface area contributed by atoms with Crippen LogP contribution in [0.4, 0.5) is 0 Å². The fourth-order valence-electron chi connectivity index (χ4n) is 4.22. The van der Waals surface area contributed by atoms with Crippen molar-refractivity contribution in [2.75, 3.05) is 32.8 Å². The summed E-state index contributed by atoms with van der Waals surface area (Å²) in [6, 6.07) is 0.669. The molecule has 3 aliphatic rings. The summed E-state index contributed by atoms with van der Waals surface area (Å²) in [5.74, 6) is 0.549. The Labute approximate surface area is 137 Å². The average molecular weight is 318 g/mol. The summed E-state index contributed by atoms with van der Waals surface area (Å²) >= 11 is 0. The van der Waals surface area contributed by atoms with Crippen molar-refractivity contribution >= 4 is 5.91 Å². The highest BCUT2D eigenvalue weighted by atomic mass is 16.5. The highest BCUT2D eigenvalue weighted by Gasteiger charge is 2.33. The number of imidazole rings is 1. The summed E-state index contributed by atoms with van der Waals surface area (Å²) in [5, 5.41) is 0. The highest BCUT2D eigenvalue weighted by molar-refractivity contribution is 5.79. The zero-order valence-corrected chi connectivity index (χ0v) is 13.7. The largest absolute Gasteiger partial charge is 0.381 e. The van der Waals surface area contributed by atoms with Crippen molar-refractivity contribution < 1.29 is 9.53 Å². The number of rotatable bonds is 2. The molecule has 0 aromatic carbocycles. The number of aromatic nitrogens is 2. The molecule has 126 valence electrons. The van der Waals surface area contributed by atoms with E-state index in [2.05, 4.69) is 14.9 Å². The Hall–Kier alpha value is -1.40. The van der Waals surface area contributed by atoms with Gasteiger partial charge in [-0.2, -0.15) is 0 Å². The molecule has 0 saturated carbocycles. The van der Waals surface area contributed by atoms with E-state index in [1.807, 2.05) is 4.90 Å². The van der Waals surface area contributed by atoms with Gasteiger partial charge in [0.2, 0.25) is 5.91 Å². The smallest absolute Gasteiger partial charge is 0.226 e. The number of aromatic amines is 1. The van der Waals surface area contributed by atoms with Gasteiger partial charge in [-0.15, -0.1) is 0 Å². The number of ether oxygens (including phenoxy) is 1. The molecule has 0 atom stereocenters. The summed E-state index contributed by atoms with van der Waals surface area (Å²) in [7, 11) is 0. The number of fused-ring (bicyclic) bond motifs is 1. The Morgan fingerprint density at radius 3 is 2.74 bits per heavy atom. The maximum atomic E-state index is 12.8. The normalized spacial score (nSPS) is 24.6. The van der Waals surface area contributed by atoms with E-state index < -0.39 is 0 Å². The summed E-state index contributed by atoms with van der Waals surface area (Å²) in [6.45, 7) is 5.42. The minimum atomic E-state index is 0.204. The summed E-state index contributed by atoms with van der Waals surface area (Å²) < 4.78 is 5.46. The number of carbonyl (C=O) groups is 1. The second-order valence-corrected chi connectivity index (χ2v) is 6.99. The number of nitrogens with zero attached hydrogens (tertiary/aromatic N) is 3. The van der Waals surface area contributed by atoms with Gasteiger partial charge < -0.3 is 19.5 Å². The van der Waals surface area contributed by atoms with Crippen LogP contribution in [0.2, 0.25) is 0 Å². The van der Waals surface area contributed by atoms with Crippen LogP contribution in [-0.2, 0) is 22.5 Å². The van der Waals surface area contributed by atoms with Gasteiger partial charge in [-0.25, -0.2) is 4.98 Å². The van der Waals surface area contributed by atoms with Gasteiger partial charge >= 0.3 is 0 Å². The van der Waals surface area contributed by atoms with Gasteiger partial charge in [0, 0.05) is 38.1 Å². The van der Waals surface area contributed by atoms with Gasteiger partial charge in [0.25, 0.3) is 0 Å². The van der Waals surface area contributed by atoms with E-state index in [0.717, 1.165) is 76.3 Å². The molecule has 6 heteroatoms. The average Bonchev–Trinajstić information content (AvgIpc) is 3.10. The van der Waals surface area contributed by atoms with Crippen LogP contribution in [0.1, 0.15) is 37.1 Å². The SMILES string of the molecule is O=C(C1CCN(C2CCOCC2)CC1)N1CCc2nc[nH]c2C1. The van der Waals surface area contributed by atoms with Crippen LogP contribution in [0.5, 0.6) is 0 Å². The molecular weight excluding hydrogens is 292 g/mol. The molecule has 4 heterocycles. The number of likely N-dealkylation sites (tertiary alicyclic amines) is 1. The van der Waals surface area contributed by atoms with Crippen molar-refractivity contribution in [1.82, 2.24) is 19.8 Å². The summed E-state index contributed by atoms with van der Waals surface area (Å²) in [6.07, 6.45) is 6.92. The van der Waals surface area contributed by atoms with Crippen LogP contribution in [0.3, 0.4) is 0 Å². The molecule has 2 saturated heterocycles. The number of piperidine rings is 1. The van der Waals surface area contributed by atoms with Gasteiger partial charge in [0.1, 0.15) is 0 Å². The lowest BCUT2D eigenvalue weighted by atomic mass is 9.92. The molecule has 1 aromatic heterocycles. The van der Waals surface area contributed by atoms with Gasteiger partial charge in [0.05, 0.1) is 24.3 Å². The molecule has 0 aliphatic carbocycles. The van der Waals surface area contributed by atoms with E-state index in [9.17, 15) is 4.79 Å². The number of H-pyrrole nitrogens is 1. The van der Waals surface area contributed by atoms with Crippen molar-refractivity contribution in [3.63, 3.8) is 0 Å². The molecule has 0 spiro atoms. The topological polar surface area (TPSA) is 61.5 Å². The molecule has 6 nitrogen and oxygen atoms in total. The molecule has 1 amide bonds. The lowest BCUT2D eigenvalue weighted by molar-refractivity contribution is -0.138. The van der Waals surface area contributed by atoms with E-state index in [1.165, 1.54) is 0 Å². The Morgan fingerprint density at radius 2 is 1.96 bits per heavy atom. The molecule has 23 heavy (non-hydrogen) atoms. The molecule has 0 radical (unpaired) electrons. The molecule has 0 unspecified atom stereocenters. The first-order valence-corrected chi connectivity index (χ1v) is 8.93. The van der Waals surface area contributed by atoms with E-state index in [1.54, 1.807) is 6.33 Å². The Bertz CT molecular complexity index is 545. The zero-order valence-electron chi connectivity index (χ0n) is 13.7. The predicted molar refractivity (Wildman–Crippen MR) is 85.8 cm³/mol. The predicted octanol–water partition coefficient (Wildman–Crippen LogP) is 1.19. The van der Waals surface area contributed by atoms with Gasteiger partial charge in [-0.1, -0.05) is 0 Å². The fourth-order valence-corrected chi connectivity index (χ4v) is 4.22. The number of amides is 1. The van der Waals surface area contributed by atoms with Gasteiger partial charge in [-0.05, 0) is 38.8 Å². The van der Waals surface area contributed by atoms with Crippen LogP contribution in [0.15, 0.2) is 6.33 Å². The number of carbonyl (C=O) groups excluding carboxylic acids is 1. The third kappa shape index (κ3) is 3.15. The van der Waals surface area contributed by atoms with E-state index in [-0.39, 0.29) is 5.92 Å². The van der Waals surface area contributed by atoms with Crippen LogP contribution in [0, 0.1) is 5.92 Å². The molecule has 3 aliphatic heterocycles. The minimum absolute atomic E-state index is 0.204. The first-order chi connectivity index (χ1) is 11.3. The number of hydrogen-bond donors (Lipinski definition) is 1. The summed E-state index contributed by atoms with van der Waals surface area (Å²) in [4.78, 5) is 24.9. The maximum Gasteiger partial charge on any atom is 0.226 e. The molecule has 4 rings (SSSR count). The lowest BCUT2D eigenvalue weighted by Crippen LogP contribution is -2.48. The van der Waals surface area contributed by atoms with E-state index in [0.29, 0.717) is 18.5 Å². The Balaban J connectivity index is 1.31. The lowest BCUT2D eigenvalue weighted by Gasteiger charge is -2.40. The van der Waals surface area contributed by atoms with Crippen molar-refractivity contribution in [2.24, 2.45) is 5.92 Å². The molecule has 2 fully saturated rings. The van der Waals surface area contributed by atoms with Crippen molar-refractivity contribution in [3.8, 4) is 0 Å².